The summed E-state index contributed by atoms with van der Waals surface area (Å²) in [6, 6.07) is 2.14. The summed E-state index contributed by atoms with van der Waals surface area (Å²) in [5.41, 5.74) is -2.26. The lowest BCUT2D eigenvalue weighted by Gasteiger charge is -2.29. The minimum absolute atomic E-state index is 0.385. The molecule has 0 aromatic carbocycles. The third-order valence-corrected chi connectivity index (χ3v) is 4.44. The van der Waals surface area contributed by atoms with Crippen molar-refractivity contribution in [2.75, 3.05) is 6.61 Å². The highest BCUT2D eigenvalue weighted by atomic mass is 16.6. The first-order chi connectivity index (χ1) is 10.00. The Bertz CT molecular complexity index is 443. The second-order valence-corrected chi connectivity index (χ2v) is 6.12. The predicted octanol–water partition coefficient (Wildman–Crippen LogP) is 1.18. The van der Waals surface area contributed by atoms with E-state index >= 15 is 0 Å². The molecule has 0 bridgehead atoms. The molecule has 2 aliphatic carbocycles. The summed E-state index contributed by atoms with van der Waals surface area (Å²) in [6.45, 7) is -0.440. The Labute approximate surface area is 124 Å². The first-order valence-corrected chi connectivity index (χ1v) is 7.62. The Morgan fingerprint density at radius 1 is 1.10 bits per heavy atom. The van der Waals surface area contributed by atoms with Gasteiger partial charge < -0.3 is 15.2 Å². The zero-order valence-electron chi connectivity index (χ0n) is 12.2. The number of carbonyl (C=O) groups excluding carboxylic acids is 2. The summed E-state index contributed by atoms with van der Waals surface area (Å²) >= 11 is 0. The average molecular weight is 294 g/mol. The van der Waals surface area contributed by atoms with Gasteiger partial charge in [-0.05, 0) is 51.4 Å². The number of rotatable bonds is 4. The van der Waals surface area contributed by atoms with E-state index in [0.717, 1.165) is 32.1 Å². The summed E-state index contributed by atoms with van der Waals surface area (Å²) in [6.07, 6.45) is 6.43. The lowest BCUT2D eigenvalue weighted by atomic mass is 9.85. The van der Waals surface area contributed by atoms with Crippen LogP contribution < -0.4 is 5.32 Å². The van der Waals surface area contributed by atoms with E-state index in [9.17, 15) is 20.0 Å². The Kier molecular flexibility index (Phi) is 4.84. The number of esters is 1. The normalized spacial score (nSPS) is 23.0. The van der Waals surface area contributed by atoms with Gasteiger partial charge in [0.25, 0.3) is 5.91 Å². The van der Waals surface area contributed by atoms with Gasteiger partial charge in [0.1, 0.15) is 5.54 Å². The molecule has 0 atom stereocenters. The van der Waals surface area contributed by atoms with Crippen molar-refractivity contribution in [3.05, 3.63) is 0 Å². The summed E-state index contributed by atoms with van der Waals surface area (Å²) < 4.78 is 4.94. The van der Waals surface area contributed by atoms with Crippen LogP contribution in [0.3, 0.4) is 0 Å². The second kappa shape index (κ2) is 6.44. The zero-order chi connectivity index (χ0) is 15.3. The molecular formula is C15H22N2O4. The second-order valence-electron chi connectivity index (χ2n) is 6.12. The molecule has 1 amide bonds. The van der Waals surface area contributed by atoms with Crippen molar-refractivity contribution in [3.8, 4) is 6.07 Å². The first kappa shape index (κ1) is 15.8. The van der Waals surface area contributed by atoms with Crippen LogP contribution in [-0.4, -0.2) is 34.7 Å². The minimum Gasteiger partial charge on any atom is -0.453 e. The number of hydrogen-bond acceptors (Lipinski definition) is 5. The number of hydrogen-bond donors (Lipinski definition) is 2. The van der Waals surface area contributed by atoms with E-state index in [0.29, 0.717) is 25.7 Å². The smallest absolute Gasteiger partial charge is 0.338 e. The van der Waals surface area contributed by atoms with Gasteiger partial charge in [-0.2, -0.15) is 5.26 Å². The summed E-state index contributed by atoms with van der Waals surface area (Å²) in [7, 11) is 0. The van der Waals surface area contributed by atoms with Gasteiger partial charge in [0.15, 0.2) is 12.2 Å². The molecule has 0 spiro atoms. The van der Waals surface area contributed by atoms with E-state index < -0.39 is 29.6 Å². The number of nitrogens with one attached hydrogen (secondary N) is 1. The van der Waals surface area contributed by atoms with Gasteiger partial charge in [-0.15, -0.1) is 0 Å². The summed E-state index contributed by atoms with van der Waals surface area (Å²) in [5.74, 6) is -1.21. The fourth-order valence-corrected chi connectivity index (χ4v) is 3.15. The average Bonchev–Trinajstić information content (AvgIpc) is 2.94. The Morgan fingerprint density at radius 3 is 2.24 bits per heavy atom. The molecule has 116 valence electrons. The molecule has 6 nitrogen and oxygen atoms in total. The Morgan fingerprint density at radius 2 is 1.67 bits per heavy atom. The Balaban J connectivity index is 1.81. The molecule has 0 heterocycles. The van der Waals surface area contributed by atoms with Crippen molar-refractivity contribution >= 4 is 11.9 Å². The van der Waals surface area contributed by atoms with Gasteiger partial charge in [0, 0.05) is 0 Å². The van der Waals surface area contributed by atoms with E-state index in [1.54, 1.807) is 0 Å². The third kappa shape index (κ3) is 3.73. The van der Waals surface area contributed by atoms with Crippen molar-refractivity contribution in [1.82, 2.24) is 5.32 Å². The summed E-state index contributed by atoms with van der Waals surface area (Å²) in [4.78, 5) is 23.7. The van der Waals surface area contributed by atoms with Crippen LogP contribution >= 0.6 is 0 Å². The Hall–Kier alpha value is -1.61. The van der Waals surface area contributed by atoms with Gasteiger partial charge in [-0.1, -0.05) is 6.42 Å². The SMILES string of the molecule is N#CC1(NC(=O)COC(=O)C2(O)CCCCC2)CCCC1. The molecule has 0 aliphatic heterocycles. The molecule has 0 aromatic heterocycles. The van der Waals surface area contributed by atoms with Crippen LogP contribution in [0, 0.1) is 11.3 Å². The number of nitrogens with zero attached hydrogens (tertiary/aromatic N) is 1. The molecule has 2 rings (SSSR count). The maximum atomic E-state index is 11.9. The highest BCUT2D eigenvalue weighted by Crippen LogP contribution is 2.30. The van der Waals surface area contributed by atoms with Crippen LogP contribution in [-0.2, 0) is 14.3 Å². The van der Waals surface area contributed by atoms with E-state index in [-0.39, 0.29) is 0 Å². The van der Waals surface area contributed by atoms with E-state index in [1.165, 1.54) is 0 Å². The number of aliphatic hydroxyl groups is 1. The molecule has 0 unspecified atom stereocenters. The van der Waals surface area contributed by atoms with Gasteiger partial charge in [0.05, 0.1) is 6.07 Å². The third-order valence-electron chi connectivity index (χ3n) is 4.44. The molecule has 6 heteroatoms. The van der Waals surface area contributed by atoms with Gasteiger partial charge in [-0.25, -0.2) is 4.79 Å². The predicted molar refractivity (Wildman–Crippen MR) is 73.9 cm³/mol. The molecule has 2 fully saturated rings. The molecule has 21 heavy (non-hydrogen) atoms. The molecular weight excluding hydrogens is 272 g/mol. The molecule has 0 saturated heterocycles. The molecule has 2 saturated carbocycles. The van der Waals surface area contributed by atoms with E-state index in [4.69, 9.17) is 4.74 Å². The fourth-order valence-electron chi connectivity index (χ4n) is 3.15. The van der Waals surface area contributed by atoms with Crippen molar-refractivity contribution in [3.63, 3.8) is 0 Å². The number of carbonyl (C=O) groups is 2. The van der Waals surface area contributed by atoms with Crippen molar-refractivity contribution < 1.29 is 19.4 Å². The number of amides is 1. The monoisotopic (exact) mass is 294 g/mol. The molecule has 2 aliphatic rings. The van der Waals surface area contributed by atoms with Gasteiger partial charge in [-0.3, -0.25) is 4.79 Å². The van der Waals surface area contributed by atoms with Crippen molar-refractivity contribution in [1.29, 1.82) is 5.26 Å². The quantitative estimate of drug-likeness (QED) is 0.758. The number of ether oxygens (including phenoxy) is 1. The molecule has 0 radical (unpaired) electrons. The van der Waals surface area contributed by atoms with Crippen LogP contribution in [0.1, 0.15) is 57.8 Å². The lowest BCUT2D eigenvalue weighted by Crippen LogP contribution is -2.48. The zero-order valence-corrected chi connectivity index (χ0v) is 12.2. The highest BCUT2D eigenvalue weighted by Gasteiger charge is 2.40. The summed E-state index contributed by atoms with van der Waals surface area (Å²) in [5, 5.41) is 22.0. The van der Waals surface area contributed by atoms with Gasteiger partial charge >= 0.3 is 5.97 Å². The lowest BCUT2D eigenvalue weighted by molar-refractivity contribution is -0.170. The van der Waals surface area contributed by atoms with Crippen LogP contribution in [0.15, 0.2) is 0 Å². The maximum Gasteiger partial charge on any atom is 0.338 e. The topological polar surface area (TPSA) is 99.4 Å². The fraction of sp³-hybridized carbons (Fsp3) is 0.800. The van der Waals surface area contributed by atoms with E-state index in [1.807, 2.05) is 0 Å². The number of nitriles is 1. The van der Waals surface area contributed by atoms with Crippen molar-refractivity contribution in [2.45, 2.75) is 68.9 Å². The van der Waals surface area contributed by atoms with Crippen LogP contribution in [0.2, 0.25) is 0 Å². The highest BCUT2D eigenvalue weighted by molar-refractivity contribution is 5.84. The van der Waals surface area contributed by atoms with Crippen LogP contribution in [0.5, 0.6) is 0 Å². The molecule has 2 N–H and O–H groups in total. The van der Waals surface area contributed by atoms with Crippen LogP contribution in [0.25, 0.3) is 0 Å². The first-order valence-electron chi connectivity index (χ1n) is 7.62. The standard InChI is InChI=1S/C15H22N2O4/c16-11-14(6-4-5-7-14)17-12(18)10-21-13(19)15(20)8-2-1-3-9-15/h20H,1-10H2,(H,17,18). The molecule has 0 aromatic rings. The van der Waals surface area contributed by atoms with Crippen molar-refractivity contribution in [2.24, 2.45) is 0 Å². The minimum atomic E-state index is -1.45. The maximum absolute atomic E-state index is 11.9. The van der Waals surface area contributed by atoms with Crippen LogP contribution in [0.4, 0.5) is 0 Å². The largest absolute Gasteiger partial charge is 0.453 e. The van der Waals surface area contributed by atoms with Gasteiger partial charge in [0.2, 0.25) is 0 Å². The van der Waals surface area contributed by atoms with E-state index in [2.05, 4.69) is 11.4 Å².